The lowest BCUT2D eigenvalue weighted by Gasteiger charge is -2.25. The second kappa shape index (κ2) is 5.78. The third-order valence-corrected chi connectivity index (χ3v) is 3.15. The van der Waals surface area contributed by atoms with Crippen LogP contribution in [0.3, 0.4) is 0 Å². The number of nitrogens with one attached hydrogen (secondary N) is 1. The molecule has 1 N–H and O–H groups in total. The second-order valence-corrected chi connectivity index (χ2v) is 5.29. The molecule has 0 aliphatic rings. The molecule has 1 aromatic carbocycles. The molecule has 0 spiro atoms. The zero-order chi connectivity index (χ0) is 16.5. The van der Waals surface area contributed by atoms with Crippen LogP contribution in [0, 0.1) is 23.3 Å². The van der Waals surface area contributed by atoms with E-state index in [1.807, 2.05) is 0 Å². The minimum absolute atomic E-state index is 0.0214. The van der Waals surface area contributed by atoms with E-state index in [1.165, 1.54) is 0 Å². The maximum Gasteiger partial charge on any atom is 0.254 e. The fourth-order valence-corrected chi connectivity index (χ4v) is 1.84. The zero-order valence-electron chi connectivity index (χ0n) is 11.8. The van der Waals surface area contributed by atoms with Gasteiger partial charge in [0.2, 0.25) is 0 Å². The molecule has 1 amide bonds. The van der Waals surface area contributed by atoms with Gasteiger partial charge in [-0.2, -0.15) is 5.10 Å². The fourth-order valence-electron chi connectivity index (χ4n) is 1.84. The molecular formula is C14H13F4N3O. The number of amides is 1. The summed E-state index contributed by atoms with van der Waals surface area (Å²) in [6.45, 7) is 3.53. The standard InChI is InChI=1S/C14H13F4N3O/c1-14(2,21-5-3-4-20-21)7-19-13(22)8-6-9(15)11(17)12(18)10(8)16/h3-6H,7H2,1-2H3,(H,19,22). The third kappa shape index (κ3) is 2.95. The summed E-state index contributed by atoms with van der Waals surface area (Å²) < 4.78 is 54.2. The summed E-state index contributed by atoms with van der Waals surface area (Å²) in [5, 5.41) is 6.36. The molecular weight excluding hydrogens is 302 g/mol. The first-order valence-corrected chi connectivity index (χ1v) is 6.35. The van der Waals surface area contributed by atoms with E-state index in [0.717, 1.165) is 0 Å². The molecule has 0 radical (unpaired) electrons. The molecule has 0 unspecified atom stereocenters. The molecule has 8 heteroatoms. The van der Waals surface area contributed by atoms with Gasteiger partial charge < -0.3 is 5.32 Å². The Balaban J connectivity index is 2.17. The van der Waals surface area contributed by atoms with E-state index in [0.29, 0.717) is 6.07 Å². The molecule has 0 aliphatic heterocycles. The van der Waals surface area contributed by atoms with Crippen molar-refractivity contribution in [2.45, 2.75) is 19.4 Å². The van der Waals surface area contributed by atoms with Gasteiger partial charge in [-0.1, -0.05) is 0 Å². The van der Waals surface area contributed by atoms with E-state index in [4.69, 9.17) is 0 Å². The first kappa shape index (κ1) is 16.0. The fraction of sp³-hybridized carbons (Fsp3) is 0.286. The Morgan fingerprint density at radius 1 is 1.23 bits per heavy atom. The highest BCUT2D eigenvalue weighted by atomic mass is 19.2. The Hall–Kier alpha value is -2.38. The zero-order valence-corrected chi connectivity index (χ0v) is 11.8. The molecule has 2 rings (SSSR count). The minimum Gasteiger partial charge on any atom is -0.350 e. The van der Waals surface area contributed by atoms with E-state index >= 15 is 0 Å². The molecule has 0 atom stereocenters. The molecule has 0 bridgehead atoms. The van der Waals surface area contributed by atoms with E-state index < -0.39 is 40.3 Å². The molecule has 0 fully saturated rings. The topological polar surface area (TPSA) is 46.9 Å². The molecule has 1 aromatic heterocycles. The number of halogens is 4. The van der Waals surface area contributed by atoms with Crippen LogP contribution < -0.4 is 5.32 Å². The molecule has 1 heterocycles. The molecule has 4 nitrogen and oxygen atoms in total. The van der Waals surface area contributed by atoms with Crippen LogP contribution in [0.5, 0.6) is 0 Å². The van der Waals surface area contributed by atoms with Crippen molar-refractivity contribution in [2.24, 2.45) is 0 Å². The average Bonchev–Trinajstić information content (AvgIpc) is 3.01. The Morgan fingerprint density at radius 3 is 2.50 bits per heavy atom. The Labute approximate surface area is 123 Å². The van der Waals surface area contributed by atoms with Gasteiger partial charge in [0.05, 0.1) is 11.1 Å². The van der Waals surface area contributed by atoms with Crippen molar-refractivity contribution in [2.75, 3.05) is 6.54 Å². The lowest BCUT2D eigenvalue weighted by molar-refractivity contribution is 0.0929. The SMILES string of the molecule is CC(C)(CNC(=O)c1cc(F)c(F)c(F)c1F)n1cccn1. The van der Waals surface area contributed by atoms with Gasteiger partial charge in [-0.05, 0) is 26.0 Å². The molecule has 22 heavy (non-hydrogen) atoms. The van der Waals surface area contributed by atoms with Crippen molar-refractivity contribution in [1.82, 2.24) is 15.1 Å². The summed E-state index contributed by atoms with van der Waals surface area (Å²) in [5.74, 6) is -8.37. The highest BCUT2D eigenvalue weighted by Crippen LogP contribution is 2.19. The van der Waals surface area contributed by atoms with Gasteiger partial charge >= 0.3 is 0 Å². The van der Waals surface area contributed by atoms with Crippen molar-refractivity contribution in [3.05, 3.63) is 53.4 Å². The van der Waals surface area contributed by atoms with Gasteiger partial charge in [-0.3, -0.25) is 9.48 Å². The summed E-state index contributed by atoms with van der Waals surface area (Å²) in [6, 6.07) is 2.01. The van der Waals surface area contributed by atoms with Crippen LogP contribution >= 0.6 is 0 Å². The maximum absolute atomic E-state index is 13.5. The Morgan fingerprint density at radius 2 is 1.91 bits per heavy atom. The largest absolute Gasteiger partial charge is 0.350 e. The number of benzene rings is 1. The van der Waals surface area contributed by atoms with Gasteiger partial charge in [0, 0.05) is 18.9 Å². The quantitative estimate of drug-likeness (QED) is 0.535. The highest BCUT2D eigenvalue weighted by Gasteiger charge is 2.26. The predicted molar refractivity (Wildman–Crippen MR) is 70.2 cm³/mol. The Bertz CT molecular complexity index is 699. The first-order chi connectivity index (χ1) is 10.2. The molecule has 0 saturated carbocycles. The van der Waals surface area contributed by atoms with E-state index in [1.54, 1.807) is 37.0 Å². The monoisotopic (exact) mass is 315 g/mol. The smallest absolute Gasteiger partial charge is 0.254 e. The van der Waals surface area contributed by atoms with Gasteiger partial charge in [-0.15, -0.1) is 0 Å². The summed E-state index contributed by atoms with van der Waals surface area (Å²) in [7, 11) is 0. The van der Waals surface area contributed by atoms with Crippen molar-refractivity contribution in [1.29, 1.82) is 0 Å². The number of rotatable bonds is 4. The molecule has 2 aromatic rings. The van der Waals surface area contributed by atoms with Gasteiger partial charge in [0.15, 0.2) is 23.3 Å². The summed E-state index contributed by atoms with van der Waals surface area (Å²) in [4.78, 5) is 11.9. The van der Waals surface area contributed by atoms with Crippen LogP contribution in [0.15, 0.2) is 24.5 Å². The summed E-state index contributed by atoms with van der Waals surface area (Å²) in [6.07, 6.45) is 3.22. The van der Waals surface area contributed by atoms with Crippen molar-refractivity contribution < 1.29 is 22.4 Å². The van der Waals surface area contributed by atoms with E-state index in [-0.39, 0.29) is 6.54 Å². The van der Waals surface area contributed by atoms with Crippen LogP contribution in [0.4, 0.5) is 17.6 Å². The van der Waals surface area contributed by atoms with E-state index in [9.17, 15) is 22.4 Å². The predicted octanol–water partition coefficient (Wildman–Crippen LogP) is 2.60. The van der Waals surface area contributed by atoms with Crippen molar-refractivity contribution in [3.63, 3.8) is 0 Å². The van der Waals surface area contributed by atoms with Crippen LogP contribution in [0.25, 0.3) is 0 Å². The molecule has 0 saturated heterocycles. The number of nitrogens with zero attached hydrogens (tertiary/aromatic N) is 2. The third-order valence-electron chi connectivity index (χ3n) is 3.15. The number of carbonyl (C=O) groups is 1. The minimum atomic E-state index is -2.02. The maximum atomic E-state index is 13.5. The van der Waals surface area contributed by atoms with Gasteiger partial charge in [-0.25, -0.2) is 17.6 Å². The number of hydrogen-bond acceptors (Lipinski definition) is 2. The van der Waals surface area contributed by atoms with Crippen molar-refractivity contribution in [3.8, 4) is 0 Å². The highest BCUT2D eigenvalue weighted by molar-refractivity contribution is 5.94. The lowest BCUT2D eigenvalue weighted by Crippen LogP contribution is -2.41. The van der Waals surface area contributed by atoms with Crippen LogP contribution in [-0.2, 0) is 5.54 Å². The van der Waals surface area contributed by atoms with Crippen LogP contribution in [-0.4, -0.2) is 22.2 Å². The van der Waals surface area contributed by atoms with Crippen LogP contribution in [0.1, 0.15) is 24.2 Å². The first-order valence-electron chi connectivity index (χ1n) is 6.35. The Kier molecular flexibility index (Phi) is 4.20. The second-order valence-electron chi connectivity index (χ2n) is 5.29. The average molecular weight is 315 g/mol. The van der Waals surface area contributed by atoms with E-state index in [2.05, 4.69) is 10.4 Å². The summed E-state index contributed by atoms with van der Waals surface area (Å²) in [5.41, 5.74) is -1.54. The lowest BCUT2D eigenvalue weighted by atomic mass is 10.1. The summed E-state index contributed by atoms with van der Waals surface area (Å²) >= 11 is 0. The van der Waals surface area contributed by atoms with Crippen molar-refractivity contribution >= 4 is 5.91 Å². The van der Waals surface area contributed by atoms with Crippen LogP contribution in [0.2, 0.25) is 0 Å². The number of hydrogen-bond donors (Lipinski definition) is 1. The van der Waals surface area contributed by atoms with Gasteiger partial charge in [0.1, 0.15) is 0 Å². The number of aromatic nitrogens is 2. The normalized spacial score (nSPS) is 11.5. The van der Waals surface area contributed by atoms with Gasteiger partial charge in [0.25, 0.3) is 5.91 Å². The molecule has 118 valence electrons. The molecule has 0 aliphatic carbocycles. The number of carbonyl (C=O) groups excluding carboxylic acids is 1.